The van der Waals surface area contributed by atoms with Crippen molar-refractivity contribution in [3.63, 3.8) is 0 Å². The van der Waals surface area contributed by atoms with Crippen LogP contribution < -0.4 is 10.6 Å². The van der Waals surface area contributed by atoms with Crippen LogP contribution in [0, 0.1) is 0 Å². The molecule has 1 aromatic heterocycles. The first-order valence-electron chi connectivity index (χ1n) is 7.48. The van der Waals surface area contributed by atoms with E-state index >= 15 is 0 Å². The number of aliphatic hydroxyl groups is 1. The first-order valence-corrected chi connectivity index (χ1v) is 7.48. The van der Waals surface area contributed by atoms with Crippen LogP contribution in [-0.4, -0.2) is 36.8 Å². The summed E-state index contributed by atoms with van der Waals surface area (Å²) in [5.74, 6) is 1.73. The van der Waals surface area contributed by atoms with Crippen molar-refractivity contribution in [2.75, 3.05) is 19.7 Å². The molecule has 0 unspecified atom stereocenters. The molecule has 6 heteroatoms. The first-order chi connectivity index (χ1) is 9.80. The van der Waals surface area contributed by atoms with Gasteiger partial charge in [-0.25, -0.2) is 0 Å². The van der Waals surface area contributed by atoms with Gasteiger partial charge < -0.3 is 20.2 Å². The smallest absolute Gasteiger partial charge is 0.191 e. The predicted molar refractivity (Wildman–Crippen MR) is 97.3 cm³/mol. The zero-order valence-electron chi connectivity index (χ0n) is 13.0. The zero-order valence-corrected chi connectivity index (χ0v) is 15.3. The fourth-order valence-electron chi connectivity index (χ4n) is 1.73. The van der Waals surface area contributed by atoms with Crippen LogP contribution in [0.15, 0.2) is 27.8 Å². The van der Waals surface area contributed by atoms with Gasteiger partial charge in [0.05, 0.1) is 18.9 Å². The molecule has 1 aromatic rings. The highest BCUT2D eigenvalue weighted by molar-refractivity contribution is 14.0. The molecule has 0 amide bonds. The second-order valence-electron chi connectivity index (χ2n) is 4.77. The molecule has 122 valence electrons. The van der Waals surface area contributed by atoms with Gasteiger partial charge in [0.25, 0.3) is 0 Å². The van der Waals surface area contributed by atoms with E-state index in [1.54, 1.807) is 6.26 Å². The molecule has 21 heavy (non-hydrogen) atoms. The third-order valence-corrected chi connectivity index (χ3v) is 3.08. The van der Waals surface area contributed by atoms with Crippen molar-refractivity contribution in [2.45, 2.75) is 45.6 Å². The van der Waals surface area contributed by atoms with Crippen molar-refractivity contribution in [3.05, 3.63) is 24.2 Å². The van der Waals surface area contributed by atoms with Gasteiger partial charge in [0.1, 0.15) is 5.76 Å². The molecule has 0 saturated carbocycles. The largest absolute Gasteiger partial charge is 0.469 e. The summed E-state index contributed by atoms with van der Waals surface area (Å²) in [4.78, 5) is 4.52. The second-order valence-corrected chi connectivity index (χ2v) is 4.77. The highest BCUT2D eigenvalue weighted by Gasteiger charge is 2.07. The number of hydrogen-bond acceptors (Lipinski definition) is 3. The van der Waals surface area contributed by atoms with Crippen molar-refractivity contribution in [1.82, 2.24) is 10.6 Å². The van der Waals surface area contributed by atoms with Crippen LogP contribution in [0.5, 0.6) is 0 Å². The van der Waals surface area contributed by atoms with Gasteiger partial charge in [-0.15, -0.1) is 24.0 Å². The van der Waals surface area contributed by atoms with Crippen molar-refractivity contribution in [1.29, 1.82) is 0 Å². The third-order valence-electron chi connectivity index (χ3n) is 3.08. The van der Waals surface area contributed by atoms with Gasteiger partial charge in [-0.05, 0) is 25.0 Å². The van der Waals surface area contributed by atoms with Crippen LogP contribution in [-0.2, 0) is 6.42 Å². The molecule has 0 aromatic carbocycles. The SMILES string of the molecule is CCCCN=C(NCCc1ccco1)N[C@H](CC)CO.I. The number of hydrogen-bond donors (Lipinski definition) is 3. The fourth-order valence-corrected chi connectivity index (χ4v) is 1.73. The van der Waals surface area contributed by atoms with Crippen LogP contribution in [0.25, 0.3) is 0 Å². The van der Waals surface area contributed by atoms with Gasteiger partial charge in [-0.2, -0.15) is 0 Å². The lowest BCUT2D eigenvalue weighted by molar-refractivity contribution is 0.251. The van der Waals surface area contributed by atoms with Crippen LogP contribution in [0.1, 0.15) is 38.9 Å². The summed E-state index contributed by atoms with van der Waals surface area (Å²) in [6.45, 7) is 5.86. The maximum Gasteiger partial charge on any atom is 0.191 e. The Labute approximate surface area is 144 Å². The Morgan fingerprint density at radius 2 is 2.24 bits per heavy atom. The minimum atomic E-state index is 0. The number of aliphatic imine (C=N–C) groups is 1. The molecule has 5 nitrogen and oxygen atoms in total. The van der Waals surface area contributed by atoms with Gasteiger partial charge in [0.2, 0.25) is 0 Å². The summed E-state index contributed by atoms with van der Waals surface area (Å²) < 4.78 is 5.30. The summed E-state index contributed by atoms with van der Waals surface area (Å²) in [5, 5.41) is 15.8. The van der Waals surface area contributed by atoms with Crippen molar-refractivity contribution < 1.29 is 9.52 Å². The summed E-state index contributed by atoms with van der Waals surface area (Å²) in [6.07, 6.45) is 5.56. The van der Waals surface area contributed by atoms with Crippen LogP contribution in [0.3, 0.4) is 0 Å². The molecular weight excluding hydrogens is 381 g/mol. The average Bonchev–Trinajstić information content (AvgIpc) is 2.97. The molecule has 0 aliphatic heterocycles. The fraction of sp³-hybridized carbons (Fsp3) is 0.667. The summed E-state index contributed by atoms with van der Waals surface area (Å²) in [5.41, 5.74) is 0. The summed E-state index contributed by atoms with van der Waals surface area (Å²) >= 11 is 0. The molecule has 1 atom stereocenters. The molecule has 1 heterocycles. The lowest BCUT2D eigenvalue weighted by Crippen LogP contribution is -2.45. The van der Waals surface area contributed by atoms with Gasteiger partial charge in [-0.3, -0.25) is 4.99 Å². The number of furan rings is 1. The molecular formula is C15H28IN3O2. The second kappa shape index (κ2) is 12.9. The highest BCUT2D eigenvalue weighted by Crippen LogP contribution is 1.99. The van der Waals surface area contributed by atoms with E-state index in [1.165, 1.54) is 0 Å². The van der Waals surface area contributed by atoms with Crippen molar-refractivity contribution >= 4 is 29.9 Å². The molecule has 0 aliphatic rings. The van der Waals surface area contributed by atoms with E-state index in [4.69, 9.17) is 4.42 Å². The van der Waals surface area contributed by atoms with Crippen molar-refractivity contribution in [2.24, 2.45) is 4.99 Å². The molecule has 3 N–H and O–H groups in total. The van der Waals surface area contributed by atoms with Crippen molar-refractivity contribution in [3.8, 4) is 0 Å². The minimum Gasteiger partial charge on any atom is -0.469 e. The number of nitrogens with zero attached hydrogens (tertiary/aromatic N) is 1. The Kier molecular flexibility index (Phi) is 12.5. The van der Waals surface area contributed by atoms with E-state index in [9.17, 15) is 5.11 Å². The van der Waals surface area contributed by atoms with E-state index in [1.807, 2.05) is 19.1 Å². The molecule has 0 radical (unpaired) electrons. The minimum absolute atomic E-state index is 0. The number of guanidine groups is 1. The van der Waals surface area contributed by atoms with Crippen LogP contribution in [0.2, 0.25) is 0 Å². The summed E-state index contributed by atoms with van der Waals surface area (Å²) in [6, 6.07) is 3.90. The van der Waals surface area contributed by atoms with Crippen LogP contribution in [0.4, 0.5) is 0 Å². The Hall–Kier alpha value is -0.760. The average molecular weight is 409 g/mol. The monoisotopic (exact) mass is 409 g/mol. The molecule has 0 aliphatic carbocycles. The number of unbranched alkanes of at least 4 members (excludes halogenated alkanes) is 1. The number of nitrogens with one attached hydrogen (secondary N) is 2. The quantitative estimate of drug-likeness (QED) is 0.254. The summed E-state index contributed by atoms with van der Waals surface area (Å²) in [7, 11) is 0. The maximum absolute atomic E-state index is 9.26. The number of rotatable bonds is 9. The normalized spacial score (nSPS) is 12.6. The van der Waals surface area contributed by atoms with Crippen LogP contribution >= 0.6 is 24.0 Å². The lowest BCUT2D eigenvalue weighted by Gasteiger charge is -2.18. The first kappa shape index (κ1) is 20.2. The molecule has 0 bridgehead atoms. The molecule has 0 saturated heterocycles. The Bertz CT molecular complexity index is 365. The Morgan fingerprint density at radius 1 is 1.43 bits per heavy atom. The Balaban J connectivity index is 0.00000400. The maximum atomic E-state index is 9.26. The number of aliphatic hydroxyl groups excluding tert-OH is 1. The van der Waals surface area contributed by atoms with Gasteiger partial charge in [-0.1, -0.05) is 20.3 Å². The standard InChI is InChI=1S/C15H27N3O2.HI/c1-3-5-9-16-15(18-13(4-2)12-19)17-10-8-14-7-6-11-20-14;/h6-7,11,13,19H,3-5,8-10,12H2,1-2H3,(H2,16,17,18);1H/t13-;/m1./s1. The Morgan fingerprint density at radius 3 is 2.81 bits per heavy atom. The third kappa shape index (κ3) is 8.98. The predicted octanol–water partition coefficient (Wildman–Crippen LogP) is 2.55. The number of halogens is 1. The van der Waals surface area contributed by atoms with E-state index < -0.39 is 0 Å². The molecule has 0 spiro atoms. The molecule has 0 fully saturated rings. The van der Waals surface area contributed by atoms with E-state index in [2.05, 4.69) is 22.5 Å². The van der Waals surface area contributed by atoms with Gasteiger partial charge in [0, 0.05) is 19.5 Å². The van der Waals surface area contributed by atoms with E-state index in [0.717, 1.165) is 50.5 Å². The molecule has 1 rings (SSSR count). The highest BCUT2D eigenvalue weighted by atomic mass is 127. The topological polar surface area (TPSA) is 69.8 Å². The van der Waals surface area contributed by atoms with Gasteiger partial charge >= 0.3 is 0 Å². The zero-order chi connectivity index (χ0) is 14.6. The van der Waals surface area contributed by atoms with Gasteiger partial charge in [0.15, 0.2) is 5.96 Å². The lowest BCUT2D eigenvalue weighted by atomic mass is 10.2. The van der Waals surface area contributed by atoms with E-state index in [-0.39, 0.29) is 36.6 Å². The van der Waals surface area contributed by atoms with E-state index in [0.29, 0.717) is 0 Å².